The molecule has 2 heterocycles. The van der Waals surface area contributed by atoms with Crippen molar-refractivity contribution in [3.05, 3.63) is 15.9 Å². The van der Waals surface area contributed by atoms with Crippen molar-refractivity contribution < 1.29 is 9.53 Å². The third-order valence-corrected chi connectivity index (χ3v) is 4.32. The predicted molar refractivity (Wildman–Crippen MR) is 72.5 cm³/mol. The first-order valence-corrected chi connectivity index (χ1v) is 7.20. The summed E-state index contributed by atoms with van der Waals surface area (Å²) in [5.41, 5.74) is 2.00. The van der Waals surface area contributed by atoms with Crippen molar-refractivity contribution in [1.82, 2.24) is 9.78 Å². The number of nitrogens with zero attached hydrogens (tertiary/aromatic N) is 2. The first-order valence-electron chi connectivity index (χ1n) is 6.41. The highest BCUT2D eigenvalue weighted by atomic mass is 79.9. The molecule has 1 aromatic heterocycles. The molecule has 1 aliphatic heterocycles. The van der Waals surface area contributed by atoms with Crippen LogP contribution < -0.4 is 0 Å². The second-order valence-electron chi connectivity index (χ2n) is 4.83. The second kappa shape index (κ2) is 5.97. The summed E-state index contributed by atoms with van der Waals surface area (Å²) in [5, 5.41) is 4.41. The molecule has 1 aliphatic rings. The van der Waals surface area contributed by atoms with E-state index in [1.165, 1.54) is 0 Å². The minimum Gasteiger partial charge on any atom is -0.381 e. The summed E-state index contributed by atoms with van der Waals surface area (Å²) in [6.45, 7) is 3.60. The van der Waals surface area contributed by atoms with Gasteiger partial charge in [0.1, 0.15) is 5.78 Å². The Labute approximate surface area is 116 Å². The lowest BCUT2D eigenvalue weighted by molar-refractivity contribution is -0.119. The maximum absolute atomic E-state index is 12.1. The van der Waals surface area contributed by atoms with E-state index < -0.39 is 0 Å². The zero-order valence-corrected chi connectivity index (χ0v) is 12.5. The van der Waals surface area contributed by atoms with Gasteiger partial charge >= 0.3 is 0 Å². The third-order valence-electron chi connectivity index (χ3n) is 3.41. The molecule has 5 heteroatoms. The minimum absolute atomic E-state index is 0.275. The van der Waals surface area contributed by atoms with Crippen LogP contribution in [-0.2, 0) is 29.4 Å². The van der Waals surface area contributed by atoms with E-state index in [0.29, 0.717) is 18.8 Å². The standard InChI is InChI=1S/C13H19BrN2O2/c1-3-11-13(14)12(16(2)15-11)7-10(17)6-9-4-5-18-8-9/h9H,3-8H2,1-2H3. The summed E-state index contributed by atoms with van der Waals surface area (Å²) in [4.78, 5) is 12.1. The largest absolute Gasteiger partial charge is 0.381 e. The van der Waals surface area contributed by atoms with Crippen LogP contribution in [0.3, 0.4) is 0 Å². The molecule has 0 aromatic carbocycles. The molecule has 0 N–H and O–H groups in total. The number of aromatic nitrogens is 2. The van der Waals surface area contributed by atoms with E-state index in [0.717, 1.165) is 41.9 Å². The van der Waals surface area contributed by atoms with Crippen LogP contribution in [0.4, 0.5) is 0 Å². The monoisotopic (exact) mass is 314 g/mol. The molecule has 2 rings (SSSR count). The number of carbonyl (C=O) groups is 1. The van der Waals surface area contributed by atoms with E-state index in [9.17, 15) is 4.79 Å². The number of aryl methyl sites for hydroxylation is 2. The zero-order chi connectivity index (χ0) is 13.1. The third kappa shape index (κ3) is 3.01. The molecule has 0 spiro atoms. The summed E-state index contributed by atoms with van der Waals surface area (Å²) in [6, 6.07) is 0. The van der Waals surface area contributed by atoms with Crippen LogP contribution in [0.5, 0.6) is 0 Å². The number of ether oxygens (including phenoxy) is 1. The van der Waals surface area contributed by atoms with Crippen LogP contribution in [0, 0.1) is 5.92 Å². The van der Waals surface area contributed by atoms with Gasteiger partial charge in [0.2, 0.25) is 0 Å². The Kier molecular flexibility index (Phi) is 4.56. The second-order valence-corrected chi connectivity index (χ2v) is 5.63. The quantitative estimate of drug-likeness (QED) is 0.837. The fraction of sp³-hybridized carbons (Fsp3) is 0.692. The van der Waals surface area contributed by atoms with Crippen molar-refractivity contribution in [2.75, 3.05) is 13.2 Å². The van der Waals surface area contributed by atoms with Crippen LogP contribution in [0.1, 0.15) is 31.2 Å². The van der Waals surface area contributed by atoms with Crippen molar-refractivity contribution in [2.45, 2.75) is 32.6 Å². The van der Waals surface area contributed by atoms with Gasteiger partial charge in [-0.1, -0.05) is 6.92 Å². The first kappa shape index (κ1) is 13.7. The minimum atomic E-state index is 0.275. The molecule has 1 atom stereocenters. The molecule has 1 fully saturated rings. The Morgan fingerprint density at radius 3 is 2.94 bits per heavy atom. The van der Waals surface area contributed by atoms with Gasteiger partial charge in [0.25, 0.3) is 0 Å². The molecule has 0 saturated carbocycles. The summed E-state index contributed by atoms with van der Waals surface area (Å²) in [5.74, 6) is 0.687. The number of halogens is 1. The molecule has 18 heavy (non-hydrogen) atoms. The molecule has 1 aromatic rings. The molecule has 0 radical (unpaired) electrons. The van der Waals surface area contributed by atoms with Gasteiger partial charge < -0.3 is 4.74 Å². The number of hydrogen-bond donors (Lipinski definition) is 0. The topological polar surface area (TPSA) is 44.1 Å². The summed E-state index contributed by atoms with van der Waals surface area (Å²) in [6.07, 6.45) is 2.97. The van der Waals surface area contributed by atoms with Crippen molar-refractivity contribution in [3.63, 3.8) is 0 Å². The van der Waals surface area contributed by atoms with Gasteiger partial charge in [-0.3, -0.25) is 9.48 Å². The molecular weight excluding hydrogens is 296 g/mol. The highest BCUT2D eigenvalue weighted by molar-refractivity contribution is 9.10. The van der Waals surface area contributed by atoms with Gasteiger partial charge in [-0.05, 0) is 34.7 Å². The van der Waals surface area contributed by atoms with Gasteiger partial charge in [-0.2, -0.15) is 5.10 Å². The van der Waals surface area contributed by atoms with Gasteiger partial charge in [-0.25, -0.2) is 0 Å². The number of Topliss-reactive ketones (excluding diaryl/α,β-unsaturated/α-hetero) is 1. The van der Waals surface area contributed by atoms with Gasteiger partial charge in [0.05, 0.1) is 15.9 Å². The maximum Gasteiger partial charge on any atom is 0.139 e. The number of hydrogen-bond acceptors (Lipinski definition) is 3. The highest BCUT2D eigenvalue weighted by Gasteiger charge is 2.21. The number of carbonyl (C=O) groups excluding carboxylic acids is 1. The normalized spacial score (nSPS) is 19.4. The van der Waals surface area contributed by atoms with Crippen LogP contribution in [0.2, 0.25) is 0 Å². The maximum atomic E-state index is 12.1. The number of ketones is 1. The Hall–Kier alpha value is -0.680. The molecule has 1 unspecified atom stereocenters. The molecule has 0 bridgehead atoms. The zero-order valence-electron chi connectivity index (χ0n) is 10.9. The fourth-order valence-electron chi connectivity index (χ4n) is 2.34. The van der Waals surface area contributed by atoms with E-state index in [2.05, 4.69) is 28.0 Å². The van der Waals surface area contributed by atoms with E-state index in [4.69, 9.17) is 4.74 Å². The first-order chi connectivity index (χ1) is 8.61. The Morgan fingerprint density at radius 2 is 2.39 bits per heavy atom. The van der Waals surface area contributed by atoms with Crippen LogP contribution in [0.15, 0.2) is 4.47 Å². The van der Waals surface area contributed by atoms with Gasteiger partial charge in [-0.15, -0.1) is 0 Å². The van der Waals surface area contributed by atoms with Crippen molar-refractivity contribution in [2.24, 2.45) is 13.0 Å². The molecular formula is C13H19BrN2O2. The average Bonchev–Trinajstić information content (AvgIpc) is 2.92. The summed E-state index contributed by atoms with van der Waals surface area (Å²) < 4.78 is 8.10. The van der Waals surface area contributed by atoms with E-state index >= 15 is 0 Å². The summed E-state index contributed by atoms with van der Waals surface area (Å²) in [7, 11) is 1.89. The van der Waals surface area contributed by atoms with Crippen molar-refractivity contribution in [1.29, 1.82) is 0 Å². The number of rotatable bonds is 5. The molecule has 0 aliphatic carbocycles. The smallest absolute Gasteiger partial charge is 0.139 e. The lowest BCUT2D eigenvalue weighted by Crippen LogP contribution is -2.13. The Bertz CT molecular complexity index is 436. The van der Waals surface area contributed by atoms with Crippen LogP contribution in [0.25, 0.3) is 0 Å². The fourth-order valence-corrected chi connectivity index (χ4v) is 3.09. The predicted octanol–water partition coefficient (Wildman–Crippen LogP) is 2.28. The molecule has 0 amide bonds. The van der Waals surface area contributed by atoms with Crippen LogP contribution >= 0.6 is 15.9 Å². The van der Waals surface area contributed by atoms with Gasteiger partial charge in [0.15, 0.2) is 0 Å². The lowest BCUT2D eigenvalue weighted by atomic mass is 9.99. The Morgan fingerprint density at radius 1 is 1.61 bits per heavy atom. The summed E-state index contributed by atoms with van der Waals surface area (Å²) >= 11 is 3.54. The van der Waals surface area contributed by atoms with Gasteiger partial charge in [0, 0.05) is 33.1 Å². The lowest BCUT2D eigenvalue weighted by Gasteiger charge is -2.07. The highest BCUT2D eigenvalue weighted by Crippen LogP contribution is 2.24. The average molecular weight is 315 g/mol. The molecule has 100 valence electrons. The Balaban J connectivity index is 1.99. The van der Waals surface area contributed by atoms with E-state index in [1.807, 2.05) is 11.7 Å². The molecule has 1 saturated heterocycles. The molecule has 4 nitrogen and oxygen atoms in total. The van der Waals surface area contributed by atoms with E-state index in [-0.39, 0.29) is 5.78 Å². The SMILES string of the molecule is CCc1nn(C)c(CC(=O)CC2CCOC2)c1Br. The van der Waals surface area contributed by atoms with Crippen molar-refractivity contribution >= 4 is 21.7 Å². The van der Waals surface area contributed by atoms with E-state index in [1.54, 1.807) is 0 Å². The van der Waals surface area contributed by atoms with Crippen molar-refractivity contribution in [3.8, 4) is 0 Å². The van der Waals surface area contributed by atoms with Crippen LogP contribution in [-0.4, -0.2) is 28.8 Å².